The zero-order chi connectivity index (χ0) is 21.0. The number of carboxylic acids is 3. The number of carboxylic acid groups (broad SMARTS) is 3. The van der Waals surface area contributed by atoms with Gasteiger partial charge in [0.15, 0.2) is 0 Å². The molecule has 0 heterocycles. The molecule has 0 saturated carbocycles. The lowest BCUT2D eigenvalue weighted by Crippen LogP contribution is -2.03. The van der Waals surface area contributed by atoms with Gasteiger partial charge in [-0.05, 0) is 20.8 Å². The Labute approximate surface area is 147 Å². The second kappa shape index (κ2) is 21.5. The van der Waals surface area contributed by atoms with Crippen molar-refractivity contribution in [3.63, 3.8) is 0 Å². The van der Waals surface area contributed by atoms with Crippen molar-refractivity contribution in [2.75, 3.05) is 26.4 Å². The van der Waals surface area contributed by atoms with Crippen molar-refractivity contribution in [1.82, 2.24) is 0 Å². The van der Waals surface area contributed by atoms with Crippen molar-refractivity contribution in [1.29, 1.82) is 0 Å². The van der Waals surface area contributed by atoms with Crippen LogP contribution in [0.5, 0.6) is 0 Å². The van der Waals surface area contributed by atoms with Gasteiger partial charge in [0.1, 0.15) is 0 Å². The van der Waals surface area contributed by atoms with Crippen LogP contribution in [0.25, 0.3) is 0 Å². The SMILES string of the molecule is C=C(C)C(=O)O.C=C(C)C(=O)O.C=C(C)C(=O)O.OCCOCCO. The van der Waals surface area contributed by atoms with E-state index >= 15 is 0 Å². The number of aliphatic hydroxyl groups is 2. The van der Waals surface area contributed by atoms with Gasteiger partial charge in [-0.15, -0.1) is 0 Å². The largest absolute Gasteiger partial charge is 0.478 e. The highest BCUT2D eigenvalue weighted by molar-refractivity contribution is 5.85. The lowest BCUT2D eigenvalue weighted by molar-refractivity contribution is -0.133. The van der Waals surface area contributed by atoms with E-state index in [-0.39, 0.29) is 29.9 Å². The van der Waals surface area contributed by atoms with Crippen molar-refractivity contribution in [3.05, 3.63) is 36.5 Å². The first-order chi connectivity index (χ1) is 11.3. The lowest BCUT2D eigenvalue weighted by atomic mass is 10.4. The van der Waals surface area contributed by atoms with E-state index in [0.29, 0.717) is 13.2 Å². The van der Waals surface area contributed by atoms with Crippen LogP contribution in [-0.4, -0.2) is 69.9 Å². The molecule has 0 spiro atoms. The summed E-state index contributed by atoms with van der Waals surface area (Å²) in [5.41, 5.74) is 0.528. The number of aliphatic hydroxyl groups excluding tert-OH is 2. The molecule has 0 aromatic rings. The molecule has 0 aliphatic carbocycles. The van der Waals surface area contributed by atoms with Gasteiger partial charge in [-0.3, -0.25) is 0 Å². The van der Waals surface area contributed by atoms with Gasteiger partial charge >= 0.3 is 17.9 Å². The summed E-state index contributed by atoms with van der Waals surface area (Å²) in [5, 5.41) is 39.8. The highest BCUT2D eigenvalue weighted by Gasteiger charge is 1.91. The van der Waals surface area contributed by atoms with Gasteiger partial charge in [-0.25, -0.2) is 14.4 Å². The van der Waals surface area contributed by atoms with Gasteiger partial charge in [-0.1, -0.05) is 19.7 Å². The monoisotopic (exact) mass is 364 g/mol. The van der Waals surface area contributed by atoms with Crippen LogP contribution in [0.3, 0.4) is 0 Å². The third-order valence-electron chi connectivity index (χ3n) is 1.57. The molecule has 0 amide bonds. The van der Waals surface area contributed by atoms with Gasteiger partial charge in [-0.2, -0.15) is 0 Å². The molecular formula is C16H28O9. The first-order valence-electron chi connectivity index (χ1n) is 6.80. The number of hydrogen-bond acceptors (Lipinski definition) is 6. The molecule has 0 aromatic heterocycles. The summed E-state index contributed by atoms with van der Waals surface area (Å²) in [7, 11) is 0. The van der Waals surface area contributed by atoms with Gasteiger partial charge in [0.05, 0.1) is 26.4 Å². The molecule has 0 aliphatic rings. The fraction of sp³-hybridized carbons (Fsp3) is 0.438. The third kappa shape index (κ3) is 44.9. The maximum atomic E-state index is 9.60. The highest BCUT2D eigenvalue weighted by atomic mass is 16.5. The average molecular weight is 364 g/mol. The number of rotatable bonds is 7. The molecule has 0 radical (unpaired) electrons. The molecule has 0 rings (SSSR count). The lowest BCUT2D eigenvalue weighted by Gasteiger charge is -1.94. The van der Waals surface area contributed by atoms with Crippen LogP contribution in [0.2, 0.25) is 0 Å². The van der Waals surface area contributed by atoms with E-state index in [9.17, 15) is 14.4 Å². The normalized spacial score (nSPS) is 8.04. The minimum Gasteiger partial charge on any atom is -0.478 e. The minimum absolute atomic E-state index is 0.0278. The van der Waals surface area contributed by atoms with Crippen molar-refractivity contribution >= 4 is 17.9 Å². The fourth-order valence-electron chi connectivity index (χ4n) is 0.231. The Bertz CT molecular complexity index is 342. The van der Waals surface area contributed by atoms with Crippen LogP contribution in [0.1, 0.15) is 20.8 Å². The zero-order valence-corrected chi connectivity index (χ0v) is 14.8. The summed E-state index contributed by atoms with van der Waals surface area (Å²) in [5.74, 6) is -2.81. The molecule has 0 bridgehead atoms. The Hall–Kier alpha value is -2.49. The van der Waals surface area contributed by atoms with E-state index in [1.807, 2.05) is 0 Å². The molecule has 5 N–H and O–H groups in total. The van der Waals surface area contributed by atoms with Crippen LogP contribution in [0.4, 0.5) is 0 Å². The summed E-state index contributed by atoms with van der Waals surface area (Å²) >= 11 is 0. The second-order valence-electron chi connectivity index (χ2n) is 4.32. The zero-order valence-electron chi connectivity index (χ0n) is 14.8. The summed E-state index contributed by atoms with van der Waals surface area (Å²) in [6, 6.07) is 0. The van der Waals surface area contributed by atoms with Crippen LogP contribution in [0, 0.1) is 0 Å². The molecule has 0 unspecified atom stereocenters. The summed E-state index contributed by atoms with van der Waals surface area (Å²) < 4.78 is 4.63. The van der Waals surface area contributed by atoms with Crippen LogP contribution in [-0.2, 0) is 19.1 Å². The van der Waals surface area contributed by atoms with Crippen LogP contribution in [0.15, 0.2) is 36.5 Å². The van der Waals surface area contributed by atoms with Gasteiger partial charge in [0.25, 0.3) is 0 Å². The van der Waals surface area contributed by atoms with E-state index in [0.717, 1.165) is 0 Å². The number of hydrogen-bond donors (Lipinski definition) is 5. The van der Waals surface area contributed by atoms with E-state index in [4.69, 9.17) is 25.5 Å². The van der Waals surface area contributed by atoms with E-state index < -0.39 is 17.9 Å². The van der Waals surface area contributed by atoms with E-state index in [1.54, 1.807) is 0 Å². The average Bonchev–Trinajstić information content (AvgIpc) is 2.49. The van der Waals surface area contributed by atoms with Gasteiger partial charge in [0.2, 0.25) is 0 Å². The molecular weight excluding hydrogens is 336 g/mol. The predicted octanol–water partition coefficient (Wildman–Crippen LogP) is 0.929. The summed E-state index contributed by atoms with van der Waals surface area (Å²) in [4.78, 5) is 28.8. The Morgan fingerprint density at radius 2 is 0.840 bits per heavy atom. The Morgan fingerprint density at radius 1 is 0.680 bits per heavy atom. The molecule has 0 atom stereocenters. The highest BCUT2D eigenvalue weighted by Crippen LogP contribution is 1.82. The maximum absolute atomic E-state index is 9.60. The Morgan fingerprint density at radius 3 is 0.920 bits per heavy atom. The van der Waals surface area contributed by atoms with E-state index in [2.05, 4.69) is 24.5 Å². The van der Waals surface area contributed by atoms with Crippen molar-refractivity contribution in [3.8, 4) is 0 Å². The predicted molar refractivity (Wildman–Crippen MR) is 92.3 cm³/mol. The Balaban J connectivity index is -0.000000118. The van der Waals surface area contributed by atoms with Gasteiger partial charge < -0.3 is 30.3 Å². The third-order valence-corrected chi connectivity index (χ3v) is 1.57. The first-order valence-corrected chi connectivity index (χ1v) is 6.80. The molecule has 0 fully saturated rings. The Kier molecular flexibility index (Phi) is 26.2. The van der Waals surface area contributed by atoms with Gasteiger partial charge in [0, 0.05) is 16.7 Å². The summed E-state index contributed by atoms with van der Waals surface area (Å²) in [6.45, 7) is 14.5. The molecule has 9 heteroatoms. The van der Waals surface area contributed by atoms with Crippen molar-refractivity contribution < 1.29 is 44.7 Å². The topological polar surface area (TPSA) is 162 Å². The van der Waals surface area contributed by atoms with Crippen LogP contribution < -0.4 is 0 Å². The second-order valence-corrected chi connectivity index (χ2v) is 4.32. The van der Waals surface area contributed by atoms with Crippen LogP contribution >= 0.6 is 0 Å². The number of ether oxygens (including phenoxy) is 1. The number of carbonyl (C=O) groups is 3. The fourth-order valence-corrected chi connectivity index (χ4v) is 0.231. The van der Waals surface area contributed by atoms with Crippen molar-refractivity contribution in [2.45, 2.75) is 20.8 Å². The standard InChI is InChI=1S/C4H10O3.3C4H6O2/c5-1-3-7-4-2-6;3*1-3(2)4(5)6/h5-6H,1-4H2;3*1H2,2H3,(H,5,6). The molecule has 0 aromatic carbocycles. The first kappa shape index (κ1) is 30.4. The maximum Gasteiger partial charge on any atom is 0.330 e. The molecule has 0 aliphatic heterocycles. The van der Waals surface area contributed by atoms with E-state index in [1.165, 1.54) is 20.8 Å². The molecule has 9 nitrogen and oxygen atoms in total. The summed E-state index contributed by atoms with van der Waals surface area (Å²) in [6.07, 6.45) is 0. The quantitative estimate of drug-likeness (QED) is 0.327. The minimum atomic E-state index is -0.935. The smallest absolute Gasteiger partial charge is 0.330 e. The number of aliphatic carboxylic acids is 3. The molecule has 146 valence electrons. The molecule has 0 saturated heterocycles. The van der Waals surface area contributed by atoms with Crippen molar-refractivity contribution in [2.24, 2.45) is 0 Å². The molecule has 25 heavy (non-hydrogen) atoms.